The molecule has 0 spiro atoms. The number of aromatic amines is 1. The van der Waals surface area contributed by atoms with Crippen LogP contribution in [0.2, 0.25) is 0 Å². The summed E-state index contributed by atoms with van der Waals surface area (Å²) in [4.78, 5) is 18.9. The molecule has 1 heterocycles. The van der Waals surface area contributed by atoms with Gasteiger partial charge in [0.05, 0.1) is 16.6 Å². The van der Waals surface area contributed by atoms with Crippen molar-refractivity contribution in [1.29, 1.82) is 0 Å². The van der Waals surface area contributed by atoms with E-state index < -0.39 is 11.4 Å². The molecule has 0 saturated carbocycles. The van der Waals surface area contributed by atoms with Crippen LogP contribution in [0, 0.1) is 0 Å². The Balaban J connectivity index is 1.75. The summed E-state index contributed by atoms with van der Waals surface area (Å²) in [5.41, 5.74) is 12.2. The summed E-state index contributed by atoms with van der Waals surface area (Å²) in [7, 11) is 0. The Bertz CT molecular complexity index is 561. The molecule has 1 amide bonds. The molecule has 20 heavy (non-hydrogen) atoms. The lowest BCUT2D eigenvalue weighted by Gasteiger charge is -2.19. The molecule has 0 bridgehead atoms. The van der Waals surface area contributed by atoms with Crippen LogP contribution in [-0.4, -0.2) is 27.2 Å². The minimum absolute atomic E-state index is 0.442. The molecule has 0 fully saturated rings. The van der Waals surface area contributed by atoms with Gasteiger partial charge in [0.15, 0.2) is 5.16 Å². The van der Waals surface area contributed by atoms with E-state index in [2.05, 4.69) is 9.97 Å². The molecule has 0 radical (unpaired) electrons. The fourth-order valence-corrected chi connectivity index (χ4v) is 2.77. The number of hydrogen-bond donors (Lipinski definition) is 3. The van der Waals surface area contributed by atoms with Crippen molar-refractivity contribution in [3.8, 4) is 0 Å². The topological polar surface area (TPSA) is 97.8 Å². The van der Waals surface area contributed by atoms with Crippen molar-refractivity contribution in [3.63, 3.8) is 0 Å². The number of nitrogens with zero attached hydrogens (tertiary/aromatic N) is 1. The van der Waals surface area contributed by atoms with Gasteiger partial charge in [-0.3, -0.25) is 4.79 Å². The van der Waals surface area contributed by atoms with Crippen molar-refractivity contribution < 1.29 is 4.79 Å². The maximum Gasteiger partial charge on any atom is 0.237 e. The van der Waals surface area contributed by atoms with E-state index in [4.69, 9.17) is 11.5 Å². The van der Waals surface area contributed by atoms with Crippen molar-refractivity contribution in [1.82, 2.24) is 9.97 Å². The maximum absolute atomic E-state index is 11.1. The highest BCUT2D eigenvalue weighted by molar-refractivity contribution is 7.99. The predicted octanol–water partition coefficient (Wildman–Crippen LogP) is 2.03. The van der Waals surface area contributed by atoms with Gasteiger partial charge in [-0.05, 0) is 31.9 Å². The van der Waals surface area contributed by atoms with E-state index in [0.29, 0.717) is 6.42 Å². The van der Waals surface area contributed by atoms with E-state index >= 15 is 0 Å². The lowest BCUT2D eigenvalue weighted by molar-refractivity contribution is -0.122. The van der Waals surface area contributed by atoms with Gasteiger partial charge >= 0.3 is 0 Å². The number of nitrogens with two attached hydrogens (primary N) is 2. The number of thioether (sulfide) groups is 1. The quantitative estimate of drug-likeness (QED) is 0.537. The number of fused-ring (bicyclic) bond motifs is 1. The van der Waals surface area contributed by atoms with Crippen molar-refractivity contribution >= 4 is 28.7 Å². The number of para-hydroxylation sites is 2. The van der Waals surface area contributed by atoms with E-state index in [0.717, 1.165) is 34.8 Å². The van der Waals surface area contributed by atoms with E-state index in [-0.39, 0.29) is 0 Å². The molecule has 108 valence electrons. The van der Waals surface area contributed by atoms with Crippen LogP contribution in [0.15, 0.2) is 29.4 Å². The molecule has 2 aromatic rings. The third kappa shape index (κ3) is 3.74. The van der Waals surface area contributed by atoms with Gasteiger partial charge < -0.3 is 16.5 Å². The van der Waals surface area contributed by atoms with Crippen molar-refractivity contribution in [3.05, 3.63) is 24.3 Å². The molecule has 0 saturated heterocycles. The molecule has 1 aromatic carbocycles. The zero-order chi connectivity index (χ0) is 14.6. The van der Waals surface area contributed by atoms with Crippen LogP contribution in [0.4, 0.5) is 0 Å². The molecular formula is C14H20N4OS. The number of nitrogens with one attached hydrogen (secondary N) is 1. The second kappa shape index (κ2) is 6.28. The number of benzene rings is 1. The fourth-order valence-electron chi connectivity index (χ4n) is 1.88. The molecule has 0 aliphatic heterocycles. The Hall–Kier alpha value is -1.53. The first-order valence-electron chi connectivity index (χ1n) is 6.65. The van der Waals surface area contributed by atoms with Gasteiger partial charge in [-0.2, -0.15) is 0 Å². The number of hydrogen-bond acceptors (Lipinski definition) is 4. The first-order chi connectivity index (χ1) is 9.49. The van der Waals surface area contributed by atoms with Gasteiger partial charge in [-0.25, -0.2) is 4.98 Å². The van der Waals surface area contributed by atoms with E-state index in [9.17, 15) is 4.79 Å². The second-order valence-corrected chi connectivity index (χ2v) is 6.23. The van der Waals surface area contributed by atoms with Crippen LogP contribution in [0.5, 0.6) is 0 Å². The van der Waals surface area contributed by atoms with Gasteiger partial charge in [-0.15, -0.1) is 0 Å². The molecule has 5 nitrogen and oxygen atoms in total. The summed E-state index contributed by atoms with van der Waals surface area (Å²) in [6.45, 7) is 1.68. The lowest BCUT2D eigenvalue weighted by Crippen LogP contribution is -2.49. The number of aromatic nitrogens is 2. The number of carbonyl (C=O) groups is 1. The standard InChI is InChI=1S/C14H20N4OS/c1-14(16,12(15)19)8-4-5-9-20-13-17-10-6-2-3-7-11(10)18-13/h2-3,6-7H,4-5,8-9,16H2,1H3,(H2,15,19)(H,17,18). The SMILES string of the molecule is CC(N)(CCCCSc1nc2ccccc2[nH]1)C(N)=O. The lowest BCUT2D eigenvalue weighted by atomic mass is 9.96. The van der Waals surface area contributed by atoms with Crippen LogP contribution >= 0.6 is 11.8 Å². The van der Waals surface area contributed by atoms with Crippen LogP contribution < -0.4 is 11.5 Å². The maximum atomic E-state index is 11.1. The molecule has 5 N–H and O–H groups in total. The number of rotatable bonds is 7. The van der Waals surface area contributed by atoms with Gasteiger partial charge in [0, 0.05) is 5.75 Å². The van der Waals surface area contributed by atoms with E-state index in [1.54, 1.807) is 18.7 Å². The van der Waals surface area contributed by atoms with Crippen molar-refractivity contribution in [2.45, 2.75) is 36.9 Å². The van der Waals surface area contributed by atoms with Gasteiger partial charge in [0.1, 0.15) is 0 Å². The summed E-state index contributed by atoms with van der Waals surface area (Å²) in [5.74, 6) is 0.497. The van der Waals surface area contributed by atoms with Crippen LogP contribution in [0.3, 0.4) is 0 Å². The summed E-state index contributed by atoms with van der Waals surface area (Å²) in [5, 5.41) is 0.927. The molecule has 1 atom stereocenters. The van der Waals surface area contributed by atoms with Crippen LogP contribution in [0.1, 0.15) is 26.2 Å². The average molecular weight is 292 g/mol. The van der Waals surface area contributed by atoms with E-state index in [1.807, 2.05) is 24.3 Å². The summed E-state index contributed by atoms with van der Waals surface area (Å²) >= 11 is 1.68. The zero-order valence-electron chi connectivity index (χ0n) is 11.6. The number of H-pyrrole nitrogens is 1. The molecular weight excluding hydrogens is 272 g/mol. The second-order valence-electron chi connectivity index (χ2n) is 5.15. The van der Waals surface area contributed by atoms with Gasteiger partial charge in [-0.1, -0.05) is 30.3 Å². The molecule has 1 unspecified atom stereocenters. The van der Waals surface area contributed by atoms with Gasteiger partial charge in [0.25, 0.3) is 0 Å². The minimum Gasteiger partial charge on any atom is -0.368 e. The first kappa shape index (κ1) is 14.9. The van der Waals surface area contributed by atoms with Gasteiger partial charge in [0.2, 0.25) is 5.91 Å². The number of primary amides is 1. The molecule has 1 aromatic heterocycles. The smallest absolute Gasteiger partial charge is 0.237 e. The Kier molecular flexibility index (Phi) is 4.67. The molecule has 0 aliphatic rings. The van der Waals surface area contributed by atoms with Crippen molar-refractivity contribution in [2.75, 3.05) is 5.75 Å². The molecule has 6 heteroatoms. The monoisotopic (exact) mass is 292 g/mol. The van der Waals surface area contributed by atoms with Crippen molar-refractivity contribution in [2.24, 2.45) is 11.5 Å². The minimum atomic E-state index is -0.899. The normalized spacial score (nSPS) is 14.3. The number of unbranched alkanes of at least 4 members (excludes halogenated alkanes) is 1. The summed E-state index contributed by atoms with van der Waals surface area (Å²) < 4.78 is 0. The Labute approximate surface area is 122 Å². The molecule has 2 rings (SSSR count). The number of carbonyl (C=O) groups excluding carboxylic acids is 1. The largest absolute Gasteiger partial charge is 0.368 e. The number of imidazole rings is 1. The number of amides is 1. The van der Waals surface area contributed by atoms with Crippen LogP contribution in [0.25, 0.3) is 11.0 Å². The van der Waals surface area contributed by atoms with E-state index in [1.165, 1.54) is 0 Å². The third-order valence-electron chi connectivity index (χ3n) is 3.26. The molecule has 0 aliphatic carbocycles. The van der Waals surface area contributed by atoms with Crippen LogP contribution in [-0.2, 0) is 4.79 Å². The predicted molar refractivity (Wildman–Crippen MR) is 82.5 cm³/mol. The third-order valence-corrected chi connectivity index (χ3v) is 4.22. The average Bonchev–Trinajstić information content (AvgIpc) is 2.80. The zero-order valence-corrected chi connectivity index (χ0v) is 12.4. The highest BCUT2D eigenvalue weighted by atomic mass is 32.2. The Morgan fingerprint density at radius 2 is 2.15 bits per heavy atom. The summed E-state index contributed by atoms with van der Waals surface area (Å²) in [6, 6.07) is 7.96. The summed E-state index contributed by atoms with van der Waals surface area (Å²) in [6.07, 6.45) is 2.47. The highest BCUT2D eigenvalue weighted by Gasteiger charge is 2.24. The highest BCUT2D eigenvalue weighted by Crippen LogP contribution is 2.21. The Morgan fingerprint density at radius 1 is 1.40 bits per heavy atom. The first-order valence-corrected chi connectivity index (χ1v) is 7.64. The Morgan fingerprint density at radius 3 is 2.85 bits per heavy atom. The fraction of sp³-hybridized carbons (Fsp3) is 0.429.